The summed E-state index contributed by atoms with van der Waals surface area (Å²) in [6.45, 7) is 5.69. The number of rotatable bonds is 3. The molecule has 3 aliphatic rings. The van der Waals surface area contributed by atoms with E-state index in [-0.39, 0.29) is 12.0 Å². The van der Waals surface area contributed by atoms with E-state index in [1.807, 2.05) is 18.2 Å². The van der Waals surface area contributed by atoms with Gasteiger partial charge in [0, 0.05) is 49.2 Å². The van der Waals surface area contributed by atoms with Crippen LogP contribution in [0.5, 0.6) is 0 Å². The van der Waals surface area contributed by atoms with E-state index in [1.54, 1.807) is 0 Å². The van der Waals surface area contributed by atoms with Crippen LogP contribution in [0.1, 0.15) is 50.6 Å². The maximum absolute atomic E-state index is 13.1. The Kier molecular flexibility index (Phi) is 5.77. The lowest BCUT2D eigenvalue weighted by molar-refractivity contribution is -0.140. The minimum absolute atomic E-state index is 0.202. The van der Waals surface area contributed by atoms with Crippen molar-refractivity contribution >= 4 is 17.5 Å². The molecule has 1 heterocycles. The summed E-state index contributed by atoms with van der Waals surface area (Å²) >= 11 is 6.38. The van der Waals surface area contributed by atoms with Gasteiger partial charge in [0.2, 0.25) is 5.91 Å². The van der Waals surface area contributed by atoms with Crippen LogP contribution in [0.15, 0.2) is 24.3 Å². The van der Waals surface area contributed by atoms with Crippen molar-refractivity contribution < 1.29 is 4.79 Å². The third-order valence-corrected chi connectivity index (χ3v) is 7.64. The average molecular weight is 390 g/mol. The van der Waals surface area contributed by atoms with E-state index in [4.69, 9.17) is 17.3 Å². The van der Waals surface area contributed by atoms with Gasteiger partial charge in [0.25, 0.3) is 0 Å². The van der Waals surface area contributed by atoms with E-state index in [1.165, 1.54) is 24.8 Å². The smallest absolute Gasteiger partial charge is 0.225 e. The Bertz CT molecular complexity index is 659. The van der Waals surface area contributed by atoms with Gasteiger partial charge in [-0.05, 0) is 56.1 Å². The number of piperazine rings is 1. The van der Waals surface area contributed by atoms with Crippen molar-refractivity contribution in [3.05, 3.63) is 34.9 Å². The molecule has 1 aromatic carbocycles. The van der Waals surface area contributed by atoms with E-state index >= 15 is 0 Å². The van der Waals surface area contributed by atoms with Crippen LogP contribution in [0.3, 0.4) is 0 Å². The zero-order valence-electron chi connectivity index (χ0n) is 16.3. The van der Waals surface area contributed by atoms with Gasteiger partial charge in [-0.15, -0.1) is 0 Å². The maximum Gasteiger partial charge on any atom is 0.225 e. The van der Waals surface area contributed by atoms with Crippen LogP contribution in [0.4, 0.5) is 0 Å². The molecular formula is C22H32ClN3O. The van der Waals surface area contributed by atoms with Gasteiger partial charge in [-0.2, -0.15) is 0 Å². The molecule has 27 heavy (non-hydrogen) atoms. The fraction of sp³-hybridized carbons (Fsp3) is 0.682. The number of benzene rings is 1. The average Bonchev–Trinajstić information content (AvgIpc) is 2.67. The number of fused-ring (bicyclic) bond motifs is 2. The van der Waals surface area contributed by atoms with E-state index in [0.717, 1.165) is 44.0 Å². The molecule has 3 fully saturated rings. The first-order valence-electron chi connectivity index (χ1n) is 10.6. The molecule has 0 aromatic heterocycles. The molecule has 2 N–H and O–H groups in total. The van der Waals surface area contributed by atoms with Gasteiger partial charge < -0.3 is 10.6 Å². The van der Waals surface area contributed by atoms with Crippen molar-refractivity contribution in [2.75, 3.05) is 26.2 Å². The Morgan fingerprint density at radius 2 is 1.74 bits per heavy atom. The standard InChI is InChI=1S/C22H32ClN3O/c1-15(19-7-2-3-8-20(19)23)25-9-11-26(12-10-25)22(27)18-13-16-5-4-6-17(14-18)21(16)24/h2-3,7-8,15-18,21H,4-6,9-14,24H2,1H3. The summed E-state index contributed by atoms with van der Waals surface area (Å²) in [7, 11) is 0. The van der Waals surface area contributed by atoms with Crippen LogP contribution >= 0.6 is 11.6 Å². The highest BCUT2D eigenvalue weighted by molar-refractivity contribution is 6.31. The summed E-state index contributed by atoms with van der Waals surface area (Å²) < 4.78 is 0. The second-order valence-corrected chi connectivity index (χ2v) is 9.16. The predicted octanol–water partition coefficient (Wildman–Crippen LogP) is 3.70. The Hall–Kier alpha value is -1.10. The van der Waals surface area contributed by atoms with Crippen LogP contribution in [0, 0.1) is 17.8 Å². The Morgan fingerprint density at radius 3 is 2.37 bits per heavy atom. The van der Waals surface area contributed by atoms with E-state index in [9.17, 15) is 4.79 Å². The molecule has 2 saturated carbocycles. The van der Waals surface area contributed by atoms with Crippen molar-refractivity contribution in [3.63, 3.8) is 0 Å². The molecule has 148 valence electrons. The summed E-state index contributed by atoms with van der Waals surface area (Å²) in [5.74, 6) is 1.71. The second kappa shape index (κ2) is 8.10. The third kappa shape index (κ3) is 3.90. The van der Waals surface area contributed by atoms with E-state index < -0.39 is 0 Å². The second-order valence-electron chi connectivity index (χ2n) is 8.76. The van der Waals surface area contributed by atoms with Crippen LogP contribution in [-0.4, -0.2) is 47.9 Å². The van der Waals surface area contributed by atoms with Crippen LogP contribution in [0.25, 0.3) is 0 Å². The quantitative estimate of drug-likeness (QED) is 0.857. The Balaban J connectivity index is 1.34. The number of carbonyl (C=O) groups excluding carboxylic acids is 1. The molecule has 0 radical (unpaired) electrons. The zero-order valence-corrected chi connectivity index (χ0v) is 17.1. The fourth-order valence-corrected chi connectivity index (χ4v) is 5.88. The highest BCUT2D eigenvalue weighted by Crippen LogP contribution is 2.42. The summed E-state index contributed by atoms with van der Waals surface area (Å²) in [5.41, 5.74) is 7.58. The van der Waals surface area contributed by atoms with Crippen molar-refractivity contribution in [1.29, 1.82) is 0 Å². The minimum atomic E-state index is 0.202. The Morgan fingerprint density at radius 1 is 1.11 bits per heavy atom. The molecule has 1 aliphatic heterocycles. The lowest BCUT2D eigenvalue weighted by Crippen LogP contribution is -2.54. The summed E-state index contributed by atoms with van der Waals surface area (Å²) in [6, 6.07) is 8.69. The molecule has 0 spiro atoms. The first-order valence-corrected chi connectivity index (χ1v) is 10.9. The van der Waals surface area contributed by atoms with Crippen molar-refractivity contribution in [2.45, 2.75) is 51.1 Å². The molecule has 3 atom stereocenters. The highest BCUT2D eigenvalue weighted by atomic mass is 35.5. The number of nitrogens with two attached hydrogens (primary N) is 1. The number of amides is 1. The first-order chi connectivity index (χ1) is 13.0. The van der Waals surface area contributed by atoms with Crippen LogP contribution in [0.2, 0.25) is 5.02 Å². The van der Waals surface area contributed by atoms with Gasteiger partial charge >= 0.3 is 0 Å². The van der Waals surface area contributed by atoms with Crippen molar-refractivity contribution in [3.8, 4) is 0 Å². The third-order valence-electron chi connectivity index (χ3n) is 7.29. The molecular weight excluding hydrogens is 358 g/mol. The molecule has 1 aromatic rings. The molecule has 1 amide bonds. The molecule has 5 heteroatoms. The lowest BCUT2D eigenvalue weighted by Gasteiger charge is -2.45. The van der Waals surface area contributed by atoms with Gasteiger partial charge in [-0.1, -0.05) is 36.2 Å². The minimum Gasteiger partial charge on any atom is -0.340 e. The summed E-state index contributed by atoms with van der Waals surface area (Å²) in [6.07, 6.45) is 5.73. The number of halogens is 1. The molecule has 2 bridgehead atoms. The SMILES string of the molecule is CC(c1ccccc1Cl)N1CCN(C(=O)C2CC3CCCC(C2)C3N)CC1. The monoisotopic (exact) mass is 389 g/mol. The van der Waals surface area contributed by atoms with Gasteiger partial charge in [0.05, 0.1) is 0 Å². The van der Waals surface area contributed by atoms with E-state index in [0.29, 0.717) is 23.8 Å². The number of nitrogens with zero attached hydrogens (tertiary/aromatic N) is 2. The summed E-state index contributed by atoms with van der Waals surface area (Å²) in [4.78, 5) is 17.7. The predicted molar refractivity (Wildman–Crippen MR) is 110 cm³/mol. The van der Waals surface area contributed by atoms with Gasteiger partial charge in [0.1, 0.15) is 0 Å². The van der Waals surface area contributed by atoms with Gasteiger partial charge in [-0.3, -0.25) is 9.69 Å². The maximum atomic E-state index is 13.1. The molecule has 2 aliphatic carbocycles. The molecule has 4 nitrogen and oxygen atoms in total. The molecule has 3 unspecified atom stereocenters. The fourth-order valence-electron chi connectivity index (χ4n) is 5.59. The molecule has 1 saturated heterocycles. The van der Waals surface area contributed by atoms with E-state index in [2.05, 4.69) is 22.8 Å². The lowest BCUT2D eigenvalue weighted by atomic mass is 9.65. The number of carbonyl (C=O) groups is 1. The number of hydrogen-bond donors (Lipinski definition) is 1. The van der Waals surface area contributed by atoms with Crippen LogP contribution < -0.4 is 5.73 Å². The van der Waals surface area contributed by atoms with Gasteiger partial charge in [0.15, 0.2) is 0 Å². The van der Waals surface area contributed by atoms with Crippen molar-refractivity contribution in [1.82, 2.24) is 9.80 Å². The summed E-state index contributed by atoms with van der Waals surface area (Å²) in [5, 5.41) is 0.827. The zero-order chi connectivity index (χ0) is 19.0. The van der Waals surface area contributed by atoms with Crippen molar-refractivity contribution in [2.24, 2.45) is 23.5 Å². The first kappa shape index (κ1) is 19.2. The topological polar surface area (TPSA) is 49.6 Å². The largest absolute Gasteiger partial charge is 0.340 e. The van der Waals surface area contributed by atoms with Gasteiger partial charge in [-0.25, -0.2) is 0 Å². The Labute approximate surface area is 168 Å². The highest BCUT2D eigenvalue weighted by Gasteiger charge is 2.42. The molecule has 4 rings (SSSR count). The normalized spacial score (nSPS) is 32.9. The van der Waals surface area contributed by atoms with Crippen LogP contribution in [-0.2, 0) is 4.79 Å². The number of hydrogen-bond acceptors (Lipinski definition) is 3.